The van der Waals surface area contributed by atoms with E-state index in [4.69, 9.17) is 27.4 Å². The molecule has 0 saturated carbocycles. The number of nitrogens with two attached hydrogens (primary N) is 1. The van der Waals surface area contributed by atoms with E-state index in [9.17, 15) is 0 Å². The second-order valence-electron chi connectivity index (χ2n) is 3.96. The number of thiocarbonyl (C=S) groups is 1. The van der Waals surface area contributed by atoms with Crippen molar-refractivity contribution in [1.82, 2.24) is 0 Å². The molecule has 2 N–H and O–H groups in total. The lowest BCUT2D eigenvalue weighted by Crippen LogP contribution is -2.10. The molecule has 5 heteroatoms. The summed E-state index contributed by atoms with van der Waals surface area (Å²) in [6.45, 7) is 0.611. The average Bonchev–Trinajstić information content (AvgIpc) is 2.92. The number of methoxy groups -OCH3 is 1. The van der Waals surface area contributed by atoms with Gasteiger partial charge in [0.05, 0.1) is 13.7 Å². The fraction of sp³-hybridized carbons (Fsp3) is 0.214. The van der Waals surface area contributed by atoms with Crippen molar-refractivity contribution in [3.05, 3.63) is 46.2 Å². The minimum absolute atomic E-state index is 0.350. The lowest BCUT2D eigenvalue weighted by molar-refractivity contribution is 0.298. The highest BCUT2D eigenvalue weighted by atomic mass is 32.1. The van der Waals surface area contributed by atoms with Crippen molar-refractivity contribution >= 4 is 28.5 Å². The van der Waals surface area contributed by atoms with Gasteiger partial charge in [0, 0.05) is 12.0 Å². The van der Waals surface area contributed by atoms with Gasteiger partial charge in [-0.25, -0.2) is 0 Å². The molecule has 0 amide bonds. The van der Waals surface area contributed by atoms with E-state index >= 15 is 0 Å². The smallest absolute Gasteiger partial charge is 0.161 e. The maximum atomic E-state index is 5.73. The summed E-state index contributed by atoms with van der Waals surface area (Å²) in [5.74, 6) is 1.35. The Morgan fingerprint density at radius 2 is 2.16 bits per heavy atom. The highest BCUT2D eigenvalue weighted by molar-refractivity contribution is 7.80. The number of rotatable bonds is 6. The third-order valence-electron chi connectivity index (χ3n) is 2.68. The quantitative estimate of drug-likeness (QED) is 0.832. The molecule has 100 valence electrons. The van der Waals surface area contributed by atoms with Crippen molar-refractivity contribution in [2.45, 2.75) is 6.42 Å². The normalized spacial score (nSPS) is 10.2. The van der Waals surface area contributed by atoms with Crippen LogP contribution in [0.25, 0.3) is 0 Å². The zero-order valence-electron chi connectivity index (χ0n) is 10.6. The molecule has 0 aliphatic heterocycles. The van der Waals surface area contributed by atoms with E-state index in [2.05, 4.69) is 16.8 Å². The van der Waals surface area contributed by atoms with Gasteiger partial charge in [0.15, 0.2) is 11.5 Å². The molecular formula is C14H15NO2S2. The van der Waals surface area contributed by atoms with Gasteiger partial charge < -0.3 is 15.2 Å². The monoisotopic (exact) mass is 293 g/mol. The Bertz CT molecular complexity index is 553. The summed E-state index contributed by atoms with van der Waals surface area (Å²) in [4.78, 5) is 0.350. The number of hydrogen-bond donors (Lipinski definition) is 1. The standard InChI is InChI=1S/C14H15NO2S2/c1-16-13-8-11(14(15)18)2-3-12(13)17-6-4-10-5-7-19-9-10/h2-3,5,7-9H,4,6H2,1H3,(H2,15,18). The van der Waals surface area contributed by atoms with Gasteiger partial charge in [0.1, 0.15) is 4.99 Å². The third kappa shape index (κ3) is 3.68. The molecule has 2 aromatic rings. The number of thiophene rings is 1. The average molecular weight is 293 g/mol. The molecule has 0 unspecified atom stereocenters. The molecule has 0 atom stereocenters. The molecule has 0 bridgehead atoms. The predicted octanol–water partition coefficient (Wildman–Crippen LogP) is 3.01. The molecule has 0 spiro atoms. The van der Waals surface area contributed by atoms with Crippen molar-refractivity contribution in [2.24, 2.45) is 5.73 Å². The summed E-state index contributed by atoms with van der Waals surface area (Å²) in [6, 6.07) is 7.56. The maximum absolute atomic E-state index is 5.73. The summed E-state index contributed by atoms with van der Waals surface area (Å²) < 4.78 is 11.0. The van der Waals surface area contributed by atoms with Crippen molar-refractivity contribution in [3.8, 4) is 11.5 Å². The molecule has 0 aliphatic rings. The van der Waals surface area contributed by atoms with Gasteiger partial charge in [-0.15, -0.1) is 0 Å². The van der Waals surface area contributed by atoms with E-state index in [1.807, 2.05) is 12.1 Å². The summed E-state index contributed by atoms with van der Waals surface area (Å²) in [5, 5.41) is 4.18. The van der Waals surface area contributed by atoms with Crippen LogP contribution < -0.4 is 15.2 Å². The second-order valence-corrected chi connectivity index (χ2v) is 5.18. The molecule has 0 aliphatic carbocycles. The summed E-state index contributed by atoms with van der Waals surface area (Å²) >= 11 is 6.63. The van der Waals surface area contributed by atoms with Crippen LogP contribution in [0.15, 0.2) is 35.0 Å². The van der Waals surface area contributed by atoms with E-state index in [0.29, 0.717) is 23.1 Å². The van der Waals surface area contributed by atoms with Gasteiger partial charge in [0.2, 0.25) is 0 Å². The van der Waals surface area contributed by atoms with Crippen LogP contribution in [0.5, 0.6) is 11.5 Å². The van der Waals surface area contributed by atoms with E-state index in [0.717, 1.165) is 12.0 Å². The highest BCUT2D eigenvalue weighted by Gasteiger charge is 2.07. The minimum Gasteiger partial charge on any atom is -0.493 e. The fourth-order valence-electron chi connectivity index (χ4n) is 1.65. The molecule has 2 rings (SSSR count). The van der Waals surface area contributed by atoms with E-state index < -0.39 is 0 Å². The Balaban J connectivity index is 2.01. The zero-order chi connectivity index (χ0) is 13.7. The largest absolute Gasteiger partial charge is 0.493 e. The molecule has 0 fully saturated rings. The second kappa shape index (κ2) is 6.54. The van der Waals surface area contributed by atoms with Gasteiger partial charge in [-0.05, 0) is 40.6 Å². The van der Waals surface area contributed by atoms with Crippen LogP contribution in [-0.2, 0) is 6.42 Å². The minimum atomic E-state index is 0.350. The third-order valence-corrected chi connectivity index (χ3v) is 3.64. The Hall–Kier alpha value is -1.59. The number of hydrogen-bond acceptors (Lipinski definition) is 4. The van der Waals surface area contributed by atoms with Crippen LogP contribution in [0.4, 0.5) is 0 Å². The lowest BCUT2D eigenvalue weighted by atomic mass is 10.2. The predicted molar refractivity (Wildman–Crippen MR) is 82.4 cm³/mol. The van der Waals surface area contributed by atoms with Crippen LogP contribution in [0, 0.1) is 0 Å². The van der Waals surface area contributed by atoms with Crippen LogP contribution >= 0.6 is 23.6 Å². The Morgan fingerprint density at radius 1 is 1.32 bits per heavy atom. The van der Waals surface area contributed by atoms with Crippen LogP contribution in [0.2, 0.25) is 0 Å². The summed E-state index contributed by atoms with van der Waals surface area (Å²) in [7, 11) is 1.60. The van der Waals surface area contributed by atoms with E-state index in [1.54, 1.807) is 24.5 Å². The van der Waals surface area contributed by atoms with Crippen LogP contribution in [0.3, 0.4) is 0 Å². The fourth-order valence-corrected chi connectivity index (χ4v) is 2.48. The van der Waals surface area contributed by atoms with E-state index in [1.165, 1.54) is 5.56 Å². The van der Waals surface area contributed by atoms with Gasteiger partial charge in [-0.2, -0.15) is 11.3 Å². The van der Waals surface area contributed by atoms with Crippen molar-refractivity contribution < 1.29 is 9.47 Å². The van der Waals surface area contributed by atoms with Crippen LogP contribution in [-0.4, -0.2) is 18.7 Å². The molecule has 1 heterocycles. The Kier molecular flexibility index (Phi) is 4.76. The maximum Gasteiger partial charge on any atom is 0.161 e. The Morgan fingerprint density at radius 3 is 2.79 bits per heavy atom. The number of benzene rings is 1. The molecule has 0 saturated heterocycles. The first-order chi connectivity index (χ1) is 9.20. The zero-order valence-corrected chi connectivity index (χ0v) is 12.2. The van der Waals surface area contributed by atoms with Gasteiger partial charge in [-0.1, -0.05) is 12.2 Å². The first kappa shape index (κ1) is 13.8. The lowest BCUT2D eigenvalue weighted by Gasteiger charge is -2.11. The van der Waals surface area contributed by atoms with Gasteiger partial charge in [-0.3, -0.25) is 0 Å². The first-order valence-corrected chi connectivity index (χ1v) is 7.17. The van der Waals surface area contributed by atoms with Crippen molar-refractivity contribution in [3.63, 3.8) is 0 Å². The van der Waals surface area contributed by atoms with Gasteiger partial charge in [0.25, 0.3) is 0 Å². The number of ether oxygens (including phenoxy) is 2. The summed E-state index contributed by atoms with van der Waals surface area (Å²) in [5.41, 5.74) is 7.64. The van der Waals surface area contributed by atoms with Gasteiger partial charge >= 0.3 is 0 Å². The molecule has 0 radical (unpaired) electrons. The molecule has 1 aromatic carbocycles. The van der Waals surface area contributed by atoms with Crippen molar-refractivity contribution in [2.75, 3.05) is 13.7 Å². The molecule has 1 aromatic heterocycles. The van der Waals surface area contributed by atoms with Crippen LogP contribution in [0.1, 0.15) is 11.1 Å². The highest BCUT2D eigenvalue weighted by Crippen LogP contribution is 2.28. The molecular weight excluding hydrogens is 278 g/mol. The molecule has 19 heavy (non-hydrogen) atoms. The van der Waals surface area contributed by atoms with Crippen molar-refractivity contribution in [1.29, 1.82) is 0 Å². The van der Waals surface area contributed by atoms with E-state index in [-0.39, 0.29) is 0 Å². The first-order valence-electron chi connectivity index (χ1n) is 5.82. The Labute approximate surface area is 122 Å². The summed E-state index contributed by atoms with van der Waals surface area (Å²) in [6.07, 6.45) is 0.879. The topological polar surface area (TPSA) is 44.5 Å². The molecule has 3 nitrogen and oxygen atoms in total. The SMILES string of the molecule is COc1cc(C(N)=S)ccc1OCCc1ccsc1.